The molecule has 4 rings (SSSR count). The maximum absolute atomic E-state index is 11.7. The summed E-state index contributed by atoms with van der Waals surface area (Å²) in [4.78, 5) is 11.7. The van der Waals surface area contributed by atoms with Crippen LogP contribution in [-0.2, 0) is 30.3 Å². The quantitative estimate of drug-likeness (QED) is 0.816. The number of benzene rings is 2. The monoisotopic (exact) mass is 401 g/mol. The fourth-order valence-electron chi connectivity index (χ4n) is 3.88. The molecule has 7 nitrogen and oxygen atoms in total. The van der Waals surface area contributed by atoms with E-state index in [1.807, 2.05) is 30.3 Å². The number of aliphatic hydroxyl groups excluding tert-OH is 1. The van der Waals surface area contributed by atoms with Gasteiger partial charge in [-0.2, -0.15) is 0 Å². The lowest BCUT2D eigenvalue weighted by Crippen LogP contribution is -2.68. The van der Waals surface area contributed by atoms with E-state index >= 15 is 0 Å². The third-order valence-electron chi connectivity index (χ3n) is 5.29. The van der Waals surface area contributed by atoms with E-state index in [2.05, 4.69) is 17.4 Å². The van der Waals surface area contributed by atoms with Crippen molar-refractivity contribution in [3.05, 3.63) is 48.0 Å². The van der Waals surface area contributed by atoms with Crippen molar-refractivity contribution in [3.63, 3.8) is 0 Å². The molecule has 2 heterocycles. The van der Waals surface area contributed by atoms with Crippen LogP contribution in [0.25, 0.3) is 10.8 Å². The van der Waals surface area contributed by atoms with Gasteiger partial charge >= 0.3 is 0 Å². The van der Waals surface area contributed by atoms with E-state index < -0.39 is 36.4 Å². The second kappa shape index (κ2) is 8.01. The van der Waals surface area contributed by atoms with Gasteiger partial charge in [0.05, 0.1) is 13.2 Å². The molecule has 7 heteroatoms. The Balaban J connectivity index is 1.50. The highest BCUT2D eigenvalue weighted by molar-refractivity contribution is 5.82. The van der Waals surface area contributed by atoms with E-state index in [4.69, 9.17) is 18.9 Å². The van der Waals surface area contributed by atoms with Gasteiger partial charge in [0.1, 0.15) is 24.4 Å². The zero-order chi connectivity index (χ0) is 20.6. The van der Waals surface area contributed by atoms with Crippen LogP contribution in [0.3, 0.4) is 0 Å². The normalized spacial score (nSPS) is 31.2. The Hall–Kier alpha value is -2.03. The molecule has 2 N–H and O–H groups in total. The van der Waals surface area contributed by atoms with Crippen LogP contribution >= 0.6 is 0 Å². The molecule has 5 atom stereocenters. The fraction of sp³-hybridized carbons (Fsp3) is 0.500. The number of carbonyl (C=O) groups is 1. The zero-order valence-corrected chi connectivity index (χ0v) is 16.8. The van der Waals surface area contributed by atoms with Crippen LogP contribution in [0.1, 0.15) is 26.3 Å². The van der Waals surface area contributed by atoms with E-state index in [0.717, 1.165) is 16.3 Å². The summed E-state index contributed by atoms with van der Waals surface area (Å²) < 4.78 is 23.5. The zero-order valence-electron chi connectivity index (χ0n) is 16.8. The Morgan fingerprint density at radius 1 is 1.24 bits per heavy atom. The third kappa shape index (κ3) is 4.44. The molecule has 0 saturated carbocycles. The molecule has 2 aliphatic heterocycles. The van der Waals surface area contributed by atoms with E-state index in [1.54, 1.807) is 13.8 Å². The van der Waals surface area contributed by atoms with E-state index in [1.165, 1.54) is 6.92 Å². The predicted octanol–water partition coefficient (Wildman–Crippen LogP) is 2.10. The summed E-state index contributed by atoms with van der Waals surface area (Å²) in [6.45, 7) is 5.52. The minimum absolute atomic E-state index is 0.275. The van der Waals surface area contributed by atoms with Crippen molar-refractivity contribution in [1.82, 2.24) is 5.32 Å². The van der Waals surface area contributed by atoms with Gasteiger partial charge in [0.15, 0.2) is 12.1 Å². The topological polar surface area (TPSA) is 86.3 Å². The number of nitrogens with one attached hydrogen (secondary N) is 1. The molecule has 0 aromatic heterocycles. The molecule has 29 heavy (non-hydrogen) atoms. The predicted molar refractivity (Wildman–Crippen MR) is 106 cm³/mol. The largest absolute Gasteiger partial charge is 0.388 e. The first kappa shape index (κ1) is 20.3. The number of aliphatic hydroxyl groups is 1. The van der Waals surface area contributed by atoms with Crippen molar-refractivity contribution in [2.75, 3.05) is 6.61 Å². The van der Waals surface area contributed by atoms with Gasteiger partial charge in [-0.3, -0.25) is 4.79 Å². The minimum atomic E-state index is -0.984. The Kier molecular flexibility index (Phi) is 5.59. The third-order valence-corrected chi connectivity index (χ3v) is 5.29. The summed E-state index contributed by atoms with van der Waals surface area (Å²) in [5.41, 5.74) is 0.975. The molecule has 2 fully saturated rings. The van der Waals surface area contributed by atoms with Crippen LogP contribution in [0, 0.1) is 0 Å². The van der Waals surface area contributed by atoms with Gasteiger partial charge in [0.2, 0.25) is 5.91 Å². The van der Waals surface area contributed by atoms with E-state index in [0.29, 0.717) is 0 Å². The molecule has 0 spiro atoms. The molecule has 2 aromatic carbocycles. The average molecular weight is 401 g/mol. The van der Waals surface area contributed by atoms with Crippen molar-refractivity contribution in [3.8, 4) is 0 Å². The minimum Gasteiger partial charge on any atom is -0.388 e. The summed E-state index contributed by atoms with van der Waals surface area (Å²) >= 11 is 0. The average Bonchev–Trinajstić information content (AvgIpc) is 2.68. The van der Waals surface area contributed by atoms with Crippen molar-refractivity contribution in [1.29, 1.82) is 0 Å². The lowest BCUT2D eigenvalue weighted by molar-refractivity contribution is -0.369. The van der Waals surface area contributed by atoms with E-state index in [-0.39, 0.29) is 19.1 Å². The maximum Gasteiger partial charge on any atom is 0.217 e. The highest BCUT2D eigenvalue weighted by Gasteiger charge is 2.51. The number of amides is 1. The Labute approximate surface area is 169 Å². The van der Waals surface area contributed by atoms with Gasteiger partial charge < -0.3 is 29.4 Å². The van der Waals surface area contributed by atoms with Gasteiger partial charge in [-0.25, -0.2) is 0 Å². The highest BCUT2D eigenvalue weighted by Crippen LogP contribution is 2.33. The molecule has 156 valence electrons. The molecule has 2 aromatic rings. The number of fused-ring (bicyclic) bond motifs is 2. The van der Waals surface area contributed by atoms with Crippen LogP contribution < -0.4 is 5.32 Å². The molecule has 1 amide bonds. The van der Waals surface area contributed by atoms with Gasteiger partial charge in [0, 0.05) is 6.92 Å². The second-order valence-corrected chi connectivity index (χ2v) is 8.05. The molecule has 0 bridgehead atoms. The number of ether oxygens (including phenoxy) is 4. The number of carbonyl (C=O) groups excluding carboxylic acids is 1. The first-order chi connectivity index (χ1) is 13.8. The van der Waals surface area contributed by atoms with Crippen LogP contribution in [0.5, 0.6) is 0 Å². The van der Waals surface area contributed by atoms with Crippen molar-refractivity contribution in [2.24, 2.45) is 0 Å². The maximum atomic E-state index is 11.7. The molecular formula is C22H27NO6. The molecular weight excluding hydrogens is 374 g/mol. The molecule has 0 radical (unpaired) electrons. The van der Waals surface area contributed by atoms with Crippen LogP contribution in [-0.4, -0.2) is 54.1 Å². The fourth-order valence-corrected chi connectivity index (χ4v) is 3.88. The lowest BCUT2D eigenvalue weighted by Gasteiger charge is -2.49. The van der Waals surface area contributed by atoms with Gasteiger partial charge in [-0.1, -0.05) is 36.4 Å². The second-order valence-electron chi connectivity index (χ2n) is 8.05. The molecule has 0 aliphatic carbocycles. The SMILES string of the molecule is CC(=O)N[C@@H]1[C@@H](OCc2ccc3ccccc3c2)O[C@@H]2COC(C)(C)O[C@H]2[C@@H]1O. The summed E-state index contributed by atoms with van der Waals surface area (Å²) in [6.07, 6.45) is -2.90. The van der Waals surface area contributed by atoms with Crippen molar-refractivity contribution in [2.45, 2.75) is 63.8 Å². The molecule has 0 unspecified atom stereocenters. The summed E-state index contributed by atoms with van der Waals surface area (Å²) in [5.74, 6) is -1.10. The molecule has 2 aliphatic rings. The summed E-state index contributed by atoms with van der Waals surface area (Å²) in [5, 5.41) is 15.9. The summed E-state index contributed by atoms with van der Waals surface area (Å²) in [6, 6.07) is 13.4. The van der Waals surface area contributed by atoms with Crippen molar-refractivity contribution >= 4 is 16.7 Å². The highest BCUT2D eigenvalue weighted by atomic mass is 16.8. The first-order valence-electron chi connectivity index (χ1n) is 9.84. The lowest BCUT2D eigenvalue weighted by atomic mass is 9.95. The van der Waals surface area contributed by atoms with Crippen molar-refractivity contribution < 1.29 is 28.8 Å². The van der Waals surface area contributed by atoms with Gasteiger partial charge in [-0.05, 0) is 36.2 Å². The van der Waals surface area contributed by atoms with Crippen LogP contribution in [0.2, 0.25) is 0 Å². The number of hydrogen-bond acceptors (Lipinski definition) is 6. The molecule has 2 saturated heterocycles. The van der Waals surface area contributed by atoms with Crippen LogP contribution in [0.15, 0.2) is 42.5 Å². The smallest absolute Gasteiger partial charge is 0.217 e. The Morgan fingerprint density at radius 2 is 2.00 bits per heavy atom. The van der Waals surface area contributed by atoms with Gasteiger partial charge in [-0.15, -0.1) is 0 Å². The van der Waals surface area contributed by atoms with Gasteiger partial charge in [0.25, 0.3) is 0 Å². The standard InChI is InChI=1S/C22H27NO6/c1-13(24)23-18-19(25)20-17(12-27-22(2,3)29-20)28-21(18)26-11-14-8-9-15-6-4-5-7-16(15)10-14/h4-10,17-21,25H,11-12H2,1-3H3,(H,23,24)/t17-,18+,19-,20-,21+/m1/s1. The van der Waals surface area contributed by atoms with Crippen LogP contribution in [0.4, 0.5) is 0 Å². The Morgan fingerprint density at radius 3 is 2.76 bits per heavy atom. The Bertz CT molecular complexity index is 884. The summed E-state index contributed by atoms with van der Waals surface area (Å²) in [7, 11) is 0. The number of rotatable bonds is 4. The first-order valence-corrected chi connectivity index (χ1v) is 9.84. The number of hydrogen-bond donors (Lipinski definition) is 2. The van der Waals surface area contributed by atoms with E-state index in [9.17, 15) is 9.90 Å².